The van der Waals surface area contributed by atoms with E-state index in [9.17, 15) is 25.1 Å². The molecule has 1 aromatic heterocycles. The first kappa shape index (κ1) is 14.4. The largest absolute Gasteiger partial charge is 0.388 e. The molecule has 0 unspecified atom stereocenters. The van der Waals surface area contributed by atoms with E-state index in [1.165, 1.54) is 23.4 Å². The van der Waals surface area contributed by atoms with Crippen LogP contribution in [-0.2, 0) is 11.3 Å². The Labute approximate surface area is 114 Å². The van der Waals surface area contributed by atoms with Crippen molar-refractivity contribution in [3.05, 3.63) is 21.5 Å². The van der Waals surface area contributed by atoms with Gasteiger partial charge in [0.1, 0.15) is 17.9 Å². The van der Waals surface area contributed by atoms with Crippen molar-refractivity contribution in [3.8, 4) is 0 Å². The first-order chi connectivity index (χ1) is 9.31. The van der Waals surface area contributed by atoms with Gasteiger partial charge in [-0.2, -0.15) is 5.10 Å². The molecule has 1 aromatic rings. The average molecular weight is 284 g/mol. The molecule has 1 amide bonds. The molecule has 0 aliphatic carbocycles. The van der Waals surface area contributed by atoms with Crippen LogP contribution in [0.2, 0.25) is 0 Å². The zero-order chi connectivity index (χ0) is 15.0. The molecular formula is C11H16N4O5. The number of hydrogen-bond donors (Lipinski definition) is 2. The number of aryl methyl sites for hydroxylation is 1. The molecule has 1 aliphatic rings. The number of rotatable bonds is 3. The molecule has 9 nitrogen and oxygen atoms in total. The quantitative estimate of drug-likeness (QED) is 0.540. The van der Waals surface area contributed by atoms with Crippen LogP contribution in [0.25, 0.3) is 0 Å². The summed E-state index contributed by atoms with van der Waals surface area (Å²) in [4.78, 5) is 23.7. The summed E-state index contributed by atoms with van der Waals surface area (Å²) in [6.07, 6.45) is -1.90. The molecule has 0 saturated carbocycles. The zero-order valence-corrected chi connectivity index (χ0v) is 11.2. The number of aliphatic hydroxyl groups is 2. The first-order valence-electron chi connectivity index (χ1n) is 6.13. The van der Waals surface area contributed by atoms with Gasteiger partial charge in [-0.3, -0.25) is 19.6 Å². The van der Waals surface area contributed by atoms with Gasteiger partial charge in [-0.25, -0.2) is 0 Å². The third kappa shape index (κ3) is 2.49. The highest BCUT2D eigenvalue weighted by Gasteiger charge is 2.33. The Morgan fingerprint density at radius 1 is 1.40 bits per heavy atom. The van der Waals surface area contributed by atoms with Crippen molar-refractivity contribution in [1.29, 1.82) is 0 Å². The molecule has 0 spiro atoms. The third-order valence-corrected chi connectivity index (χ3v) is 3.42. The third-order valence-electron chi connectivity index (χ3n) is 3.42. The zero-order valence-electron chi connectivity index (χ0n) is 11.2. The number of amides is 1. The van der Waals surface area contributed by atoms with Crippen molar-refractivity contribution >= 4 is 11.6 Å². The molecule has 20 heavy (non-hydrogen) atoms. The van der Waals surface area contributed by atoms with Crippen molar-refractivity contribution in [2.45, 2.75) is 32.6 Å². The van der Waals surface area contributed by atoms with Gasteiger partial charge in [0.05, 0.1) is 17.1 Å². The Kier molecular flexibility index (Phi) is 3.73. The van der Waals surface area contributed by atoms with Crippen LogP contribution in [-0.4, -0.2) is 61.0 Å². The number of aliphatic hydroxyl groups excluding tert-OH is 2. The summed E-state index contributed by atoms with van der Waals surface area (Å²) in [5.74, 6) is -0.346. The van der Waals surface area contributed by atoms with E-state index in [-0.39, 0.29) is 36.9 Å². The van der Waals surface area contributed by atoms with Crippen LogP contribution in [0.4, 0.5) is 5.69 Å². The minimum absolute atomic E-state index is 0.0569. The van der Waals surface area contributed by atoms with E-state index in [0.29, 0.717) is 5.69 Å². The van der Waals surface area contributed by atoms with Crippen LogP contribution in [0, 0.1) is 24.0 Å². The maximum atomic E-state index is 12.0. The van der Waals surface area contributed by atoms with Gasteiger partial charge < -0.3 is 15.1 Å². The second kappa shape index (κ2) is 5.17. The first-order valence-corrected chi connectivity index (χ1v) is 6.13. The fraction of sp³-hybridized carbons (Fsp3) is 0.636. The van der Waals surface area contributed by atoms with Crippen LogP contribution >= 0.6 is 0 Å². The molecule has 1 aliphatic heterocycles. The highest BCUT2D eigenvalue weighted by Crippen LogP contribution is 2.22. The summed E-state index contributed by atoms with van der Waals surface area (Å²) in [6.45, 7) is 3.00. The Balaban J connectivity index is 2.13. The Morgan fingerprint density at radius 2 is 1.95 bits per heavy atom. The van der Waals surface area contributed by atoms with Crippen LogP contribution < -0.4 is 0 Å². The molecule has 2 heterocycles. The Hall–Kier alpha value is -2.00. The number of nitrogens with zero attached hydrogens (tertiary/aromatic N) is 4. The number of nitro groups is 1. The maximum Gasteiger partial charge on any atom is 0.312 e. The van der Waals surface area contributed by atoms with Gasteiger partial charge in [0.15, 0.2) is 0 Å². The number of carbonyl (C=O) groups is 1. The molecule has 110 valence electrons. The molecule has 0 radical (unpaired) electrons. The number of likely N-dealkylation sites (tertiary alicyclic amines) is 1. The average Bonchev–Trinajstić information content (AvgIpc) is 2.81. The van der Waals surface area contributed by atoms with Crippen molar-refractivity contribution in [3.63, 3.8) is 0 Å². The molecule has 0 aromatic carbocycles. The van der Waals surface area contributed by atoms with E-state index in [1.807, 2.05) is 0 Å². The lowest BCUT2D eigenvalue weighted by Crippen LogP contribution is -2.33. The predicted molar refractivity (Wildman–Crippen MR) is 66.9 cm³/mol. The Bertz CT molecular complexity index is 545. The topological polar surface area (TPSA) is 122 Å². The SMILES string of the molecule is Cc1nn(CC(=O)N2C[C@@H](O)[C@@H](O)C2)c(C)c1[N+](=O)[O-]. The van der Waals surface area contributed by atoms with E-state index >= 15 is 0 Å². The van der Waals surface area contributed by atoms with Crippen molar-refractivity contribution < 1.29 is 19.9 Å². The van der Waals surface area contributed by atoms with Gasteiger partial charge in [0.2, 0.25) is 5.91 Å². The summed E-state index contributed by atoms with van der Waals surface area (Å²) >= 11 is 0. The van der Waals surface area contributed by atoms with E-state index < -0.39 is 17.1 Å². The maximum absolute atomic E-state index is 12.0. The van der Waals surface area contributed by atoms with E-state index in [1.54, 1.807) is 0 Å². The van der Waals surface area contributed by atoms with Gasteiger partial charge in [0.25, 0.3) is 0 Å². The number of hydrogen-bond acceptors (Lipinski definition) is 6. The van der Waals surface area contributed by atoms with Crippen molar-refractivity contribution in [1.82, 2.24) is 14.7 Å². The summed E-state index contributed by atoms with van der Waals surface area (Å²) in [5.41, 5.74) is 0.460. The van der Waals surface area contributed by atoms with Gasteiger partial charge >= 0.3 is 5.69 Å². The fourth-order valence-corrected chi connectivity index (χ4v) is 2.31. The van der Waals surface area contributed by atoms with Crippen LogP contribution in [0.1, 0.15) is 11.4 Å². The normalized spacial score (nSPS) is 22.3. The monoisotopic (exact) mass is 284 g/mol. The highest BCUT2D eigenvalue weighted by atomic mass is 16.6. The molecule has 2 atom stereocenters. The Morgan fingerprint density at radius 3 is 2.40 bits per heavy atom. The summed E-state index contributed by atoms with van der Waals surface area (Å²) in [6, 6.07) is 0. The lowest BCUT2D eigenvalue weighted by molar-refractivity contribution is -0.386. The van der Waals surface area contributed by atoms with E-state index in [0.717, 1.165) is 0 Å². The van der Waals surface area contributed by atoms with Crippen molar-refractivity contribution in [2.75, 3.05) is 13.1 Å². The molecular weight excluding hydrogens is 268 g/mol. The van der Waals surface area contributed by atoms with Crippen LogP contribution in [0.3, 0.4) is 0 Å². The van der Waals surface area contributed by atoms with Gasteiger partial charge in [-0.05, 0) is 13.8 Å². The number of carbonyl (C=O) groups excluding carboxylic acids is 1. The lowest BCUT2D eigenvalue weighted by atomic mass is 10.3. The highest BCUT2D eigenvalue weighted by molar-refractivity contribution is 5.76. The van der Waals surface area contributed by atoms with E-state index in [4.69, 9.17) is 0 Å². The second-order valence-corrected chi connectivity index (χ2v) is 4.87. The summed E-state index contributed by atoms with van der Waals surface area (Å²) < 4.78 is 1.27. The minimum atomic E-state index is -0.950. The molecule has 9 heteroatoms. The van der Waals surface area contributed by atoms with Crippen LogP contribution in [0.5, 0.6) is 0 Å². The standard InChI is InChI=1S/C11H16N4O5/c1-6-11(15(19)20)7(2)14(12-6)5-10(18)13-3-8(16)9(17)4-13/h8-9,16-17H,3-5H2,1-2H3/t8-,9+. The van der Waals surface area contributed by atoms with Crippen LogP contribution in [0.15, 0.2) is 0 Å². The number of β-amino-alcohol motifs (C(OH)–C–C–N with tert-alkyl or cyclic N) is 2. The smallest absolute Gasteiger partial charge is 0.312 e. The van der Waals surface area contributed by atoms with Gasteiger partial charge in [0, 0.05) is 13.1 Å². The van der Waals surface area contributed by atoms with Gasteiger partial charge in [-0.1, -0.05) is 0 Å². The van der Waals surface area contributed by atoms with E-state index in [2.05, 4.69) is 5.10 Å². The molecule has 1 saturated heterocycles. The summed E-state index contributed by atoms with van der Waals surface area (Å²) in [5, 5.41) is 33.7. The lowest BCUT2D eigenvalue weighted by Gasteiger charge is -2.15. The van der Waals surface area contributed by atoms with Crippen molar-refractivity contribution in [2.24, 2.45) is 0 Å². The number of aromatic nitrogens is 2. The summed E-state index contributed by atoms with van der Waals surface area (Å²) in [7, 11) is 0. The van der Waals surface area contributed by atoms with Gasteiger partial charge in [-0.15, -0.1) is 0 Å². The molecule has 1 fully saturated rings. The minimum Gasteiger partial charge on any atom is -0.388 e. The second-order valence-electron chi connectivity index (χ2n) is 4.87. The predicted octanol–water partition coefficient (Wildman–Crippen LogP) is -1.03. The molecule has 0 bridgehead atoms. The fourth-order valence-electron chi connectivity index (χ4n) is 2.31. The molecule has 2 rings (SSSR count). The molecule has 2 N–H and O–H groups in total.